The summed E-state index contributed by atoms with van der Waals surface area (Å²) in [5, 5.41) is 4.75. The Morgan fingerprint density at radius 1 is 1.14 bits per heavy atom. The minimum Gasteiger partial charge on any atom is -0.335 e. The van der Waals surface area contributed by atoms with Crippen molar-refractivity contribution < 1.29 is 9.32 Å². The summed E-state index contributed by atoms with van der Waals surface area (Å²) < 4.78 is 5.44. The van der Waals surface area contributed by atoms with Crippen molar-refractivity contribution in [3.8, 4) is 11.3 Å². The number of fused-ring (bicyclic) bond motifs is 1. The van der Waals surface area contributed by atoms with E-state index in [1.54, 1.807) is 12.4 Å². The average molecular weight is 384 g/mol. The molecule has 0 N–H and O–H groups in total. The van der Waals surface area contributed by atoms with E-state index >= 15 is 0 Å². The van der Waals surface area contributed by atoms with Gasteiger partial charge in [0.15, 0.2) is 0 Å². The molecule has 3 heterocycles. The first-order valence-electron chi connectivity index (χ1n) is 9.73. The van der Waals surface area contributed by atoms with Crippen LogP contribution in [0.2, 0.25) is 0 Å². The lowest BCUT2D eigenvalue weighted by molar-refractivity contribution is 0.0731. The van der Waals surface area contributed by atoms with Gasteiger partial charge < -0.3 is 9.42 Å². The first kappa shape index (κ1) is 17.6. The molecule has 1 saturated carbocycles. The topological polar surface area (TPSA) is 72.1 Å². The Kier molecular flexibility index (Phi) is 4.31. The molecule has 6 heteroatoms. The maximum atomic E-state index is 13.7. The lowest BCUT2D eigenvalue weighted by Gasteiger charge is -2.23. The molecule has 5 rings (SSSR count). The van der Waals surface area contributed by atoms with Gasteiger partial charge in [-0.3, -0.25) is 9.78 Å². The third-order valence-corrected chi connectivity index (χ3v) is 5.27. The van der Waals surface area contributed by atoms with Crippen molar-refractivity contribution in [3.63, 3.8) is 0 Å². The zero-order chi connectivity index (χ0) is 19.8. The highest BCUT2D eigenvalue weighted by Gasteiger charge is 2.34. The molecule has 0 bridgehead atoms. The van der Waals surface area contributed by atoms with Gasteiger partial charge in [-0.1, -0.05) is 35.5 Å². The zero-order valence-electron chi connectivity index (χ0n) is 16.1. The summed E-state index contributed by atoms with van der Waals surface area (Å²) in [6, 6.07) is 15.8. The lowest BCUT2D eigenvalue weighted by Crippen LogP contribution is -2.32. The molecule has 1 aromatic carbocycles. The molecule has 1 fully saturated rings. The van der Waals surface area contributed by atoms with Gasteiger partial charge in [-0.15, -0.1) is 0 Å². The Labute approximate surface area is 168 Å². The van der Waals surface area contributed by atoms with Crippen LogP contribution in [0.5, 0.6) is 0 Å². The van der Waals surface area contributed by atoms with Crippen molar-refractivity contribution in [2.24, 2.45) is 0 Å². The van der Waals surface area contributed by atoms with E-state index in [0.717, 1.165) is 24.0 Å². The smallest absolute Gasteiger partial charge is 0.259 e. The first-order valence-corrected chi connectivity index (χ1v) is 9.73. The zero-order valence-corrected chi connectivity index (χ0v) is 16.1. The van der Waals surface area contributed by atoms with Crippen LogP contribution in [0.25, 0.3) is 22.4 Å². The lowest BCUT2D eigenvalue weighted by atomic mass is 10.0. The van der Waals surface area contributed by atoms with Crippen molar-refractivity contribution in [3.05, 3.63) is 77.7 Å². The van der Waals surface area contributed by atoms with Gasteiger partial charge in [0.05, 0.1) is 22.3 Å². The van der Waals surface area contributed by atoms with Crippen LogP contribution in [0.4, 0.5) is 0 Å². The molecule has 29 heavy (non-hydrogen) atoms. The van der Waals surface area contributed by atoms with Crippen LogP contribution in [0, 0.1) is 6.92 Å². The van der Waals surface area contributed by atoms with E-state index in [0.29, 0.717) is 34.6 Å². The molecule has 1 amide bonds. The summed E-state index contributed by atoms with van der Waals surface area (Å²) in [6.07, 6.45) is 5.57. The SMILES string of the molecule is Cc1noc2nc(-c3ccccc3)cc(C(=O)N(Cc3ccncc3)C3CC3)c12. The maximum absolute atomic E-state index is 13.7. The van der Waals surface area contributed by atoms with Crippen LogP contribution in [0.15, 0.2) is 65.4 Å². The van der Waals surface area contributed by atoms with Gasteiger partial charge >= 0.3 is 0 Å². The normalized spacial score (nSPS) is 13.6. The van der Waals surface area contributed by atoms with E-state index in [4.69, 9.17) is 4.52 Å². The second-order valence-electron chi connectivity index (χ2n) is 7.39. The highest BCUT2D eigenvalue weighted by molar-refractivity contribution is 6.07. The summed E-state index contributed by atoms with van der Waals surface area (Å²) in [5.41, 5.74) is 4.37. The summed E-state index contributed by atoms with van der Waals surface area (Å²) in [5.74, 6) is -0.0137. The molecular weight excluding hydrogens is 364 g/mol. The molecule has 0 aliphatic heterocycles. The molecule has 4 aromatic rings. The monoisotopic (exact) mass is 384 g/mol. The largest absolute Gasteiger partial charge is 0.335 e. The molecule has 6 nitrogen and oxygen atoms in total. The first-order chi connectivity index (χ1) is 14.2. The van der Waals surface area contributed by atoms with Crippen LogP contribution in [-0.4, -0.2) is 32.0 Å². The number of amides is 1. The molecule has 3 aromatic heterocycles. The fourth-order valence-electron chi connectivity index (χ4n) is 3.61. The third-order valence-electron chi connectivity index (χ3n) is 5.27. The maximum Gasteiger partial charge on any atom is 0.259 e. The molecule has 0 atom stereocenters. The quantitative estimate of drug-likeness (QED) is 0.510. The Morgan fingerprint density at radius 2 is 1.90 bits per heavy atom. The third kappa shape index (κ3) is 3.38. The van der Waals surface area contributed by atoms with Gasteiger partial charge in [-0.2, -0.15) is 0 Å². The number of hydrogen-bond donors (Lipinski definition) is 0. The molecule has 0 radical (unpaired) electrons. The molecule has 0 saturated heterocycles. The number of pyridine rings is 2. The second-order valence-corrected chi connectivity index (χ2v) is 7.39. The van der Waals surface area contributed by atoms with Crippen molar-refractivity contribution in [2.45, 2.75) is 32.4 Å². The van der Waals surface area contributed by atoms with E-state index in [1.165, 1.54) is 0 Å². The van der Waals surface area contributed by atoms with Crippen LogP contribution in [0.1, 0.15) is 34.5 Å². The standard InChI is InChI=1S/C23H20N4O2/c1-15-21-19(13-20(25-22(21)29-26-15)17-5-3-2-4-6-17)23(28)27(18-7-8-18)14-16-9-11-24-12-10-16/h2-6,9-13,18H,7-8,14H2,1H3. The Bertz CT molecular complexity index is 1170. The van der Waals surface area contributed by atoms with Crippen molar-refractivity contribution >= 4 is 17.0 Å². The van der Waals surface area contributed by atoms with Crippen LogP contribution in [0.3, 0.4) is 0 Å². The predicted molar refractivity (Wildman–Crippen MR) is 109 cm³/mol. The number of aromatic nitrogens is 3. The van der Waals surface area contributed by atoms with E-state index in [1.807, 2.05) is 60.4 Å². The average Bonchev–Trinajstić information content (AvgIpc) is 3.55. The number of nitrogens with zero attached hydrogens (tertiary/aromatic N) is 4. The number of rotatable bonds is 5. The van der Waals surface area contributed by atoms with Gasteiger partial charge in [0.1, 0.15) is 0 Å². The minimum atomic E-state index is -0.0137. The van der Waals surface area contributed by atoms with Gasteiger partial charge in [0.2, 0.25) is 0 Å². The Balaban J connectivity index is 1.60. The summed E-state index contributed by atoms with van der Waals surface area (Å²) in [7, 11) is 0. The fourth-order valence-corrected chi connectivity index (χ4v) is 3.61. The van der Waals surface area contributed by atoms with Crippen molar-refractivity contribution in [1.29, 1.82) is 0 Å². The highest BCUT2D eigenvalue weighted by Crippen LogP contribution is 2.33. The van der Waals surface area contributed by atoms with Crippen molar-refractivity contribution in [2.75, 3.05) is 0 Å². The number of carbonyl (C=O) groups excluding carboxylic acids is 1. The molecule has 144 valence electrons. The van der Waals surface area contributed by atoms with E-state index in [9.17, 15) is 4.79 Å². The van der Waals surface area contributed by atoms with E-state index in [-0.39, 0.29) is 11.9 Å². The summed E-state index contributed by atoms with van der Waals surface area (Å²) >= 11 is 0. The van der Waals surface area contributed by atoms with Gasteiger partial charge in [-0.25, -0.2) is 4.98 Å². The van der Waals surface area contributed by atoms with Crippen LogP contribution >= 0.6 is 0 Å². The summed E-state index contributed by atoms with van der Waals surface area (Å²) in [6.45, 7) is 2.40. The number of aryl methyl sites for hydroxylation is 1. The van der Waals surface area contributed by atoms with Crippen LogP contribution in [-0.2, 0) is 6.54 Å². The predicted octanol–water partition coefficient (Wildman–Crippen LogP) is 4.40. The molecule has 0 unspecified atom stereocenters. The van der Waals surface area contributed by atoms with Gasteiger partial charge in [-0.05, 0) is 43.5 Å². The Hall–Kier alpha value is -3.54. The minimum absolute atomic E-state index is 0.0137. The second kappa shape index (κ2) is 7.13. The molecule has 1 aliphatic carbocycles. The van der Waals surface area contributed by atoms with Gasteiger partial charge in [0, 0.05) is 30.5 Å². The van der Waals surface area contributed by atoms with Gasteiger partial charge in [0.25, 0.3) is 11.6 Å². The number of carbonyl (C=O) groups is 1. The van der Waals surface area contributed by atoms with Crippen molar-refractivity contribution in [1.82, 2.24) is 20.0 Å². The number of hydrogen-bond acceptors (Lipinski definition) is 5. The Morgan fingerprint density at radius 3 is 2.62 bits per heavy atom. The van der Waals surface area contributed by atoms with E-state index < -0.39 is 0 Å². The van der Waals surface area contributed by atoms with Crippen LogP contribution < -0.4 is 0 Å². The molecule has 0 spiro atoms. The number of benzene rings is 1. The fraction of sp³-hybridized carbons (Fsp3) is 0.217. The highest BCUT2D eigenvalue weighted by atomic mass is 16.5. The molecular formula is C23H20N4O2. The summed E-state index contributed by atoms with van der Waals surface area (Å²) in [4.78, 5) is 24.3. The van der Waals surface area contributed by atoms with E-state index in [2.05, 4.69) is 15.1 Å². The molecule has 1 aliphatic rings.